The quantitative estimate of drug-likeness (QED) is 0.912. The lowest BCUT2D eigenvalue weighted by molar-refractivity contribution is 0.284. The van der Waals surface area contributed by atoms with E-state index in [4.69, 9.17) is 4.74 Å². The lowest BCUT2D eigenvalue weighted by Crippen LogP contribution is -1.96. The highest BCUT2D eigenvalue weighted by Crippen LogP contribution is 2.42. The maximum absolute atomic E-state index is 9.40. The van der Waals surface area contributed by atoms with Crippen molar-refractivity contribution in [1.29, 1.82) is 0 Å². The Bertz CT molecular complexity index is 597. The molecule has 3 rings (SSSR count). The number of hydrogen-bond donors (Lipinski definition) is 1. The first-order valence-electron chi connectivity index (χ1n) is 6.96. The van der Waals surface area contributed by atoms with Crippen LogP contribution in [0.1, 0.15) is 45.5 Å². The Labute approximate surface area is 123 Å². The van der Waals surface area contributed by atoms with Crippen molar-refractivity contribution in [1.82, 2.24) is 4.98 Å². The highest BCUT2D eigenvalue weighted by Gasteiger charge is 2.29. The topological polar surface area (TPSA) is 42.4 Å². The Morgan fingerprint density at radius 1 is 1.25 bits per heavy atom. The lowest BCUT2D eigenvalue weighted by Gasteiger charge is -2.06. The van der Waals surface area contributed by atoms with Crippen molar-refractivity contribution < 1.29 is 9.84 Å². The van der Waals surface area contributed by atoms with Crippen LogP contribution in [0.25, 0.3) is 0 Å². The number of aliphatic hydroxyl groups is 1. The molecule has 3 nitrogen and oxygen atoms in total. The van der Waals surface area contributed by atoms with E-state index in [0.29, 0.717) is 12.5 Å². The molecule has 1 aliphatic rings. The van der Waals surface area contributed by atoms with E-state index in [9.17, 15) is 5.11 Å². The summed E-state index contributed by atoms with van der Waals surface area (Å²) in [5.41, 5.74) is 3.50. The first-order chi connectivity index (χ1) is 9.65. The van der Waals surface area contributed by atoms with Gasteiger partial charge in [0.05, 0.1) is 17.2 Å². The largest absolute Gasteiger partial charge is 0.486 e. The fraction of sp³-hybridized carbons (Fsp3) is 0.438. The normalized spacial score (nSPS) is 14.6. The van der Waals surface area contributed by atoms with Gasteiger partial charge in [0.25, 0.3) is 0 Å². The zero-order chi connectivity index (χ0) is 14.1. The van der Waals surface area contributed by atoms with Crippen molar-refractivity contribution in [3.8, 4) is 5.75 Å². The number of ether oxygens (including phenoxy) is 1. The molecule has 1 aromatic carbocycles. The van der Waals surface area contributed by atoms with Gasteiger partial charge in [0.15, 0.2) is 0 Å². The van der Waals surface area contributed by atoms with E-state index in [1.807, 2.05) is 12.1 Å². The predicted octanol–water partition coefficient (Wildman–Crippen LogP) is 3.71. The van der Waals surface area contributed by atoms with Crippen molar-refractivity contribution in [2.75, 3.05) is 0 Å². The van der Waals surface area contributed by atoms with E-state index in [1.165, 1.54) is 24.0 Å². The standard InChI is InChI=1S/C16H19NO2S/c1-10-5-11(2)7-13(6-10)19-9-15-17-16(12-3-4-12)14(8-18)20-15/h5-7,12,18H,3-4,8-9H2,1-2H3. The molecule has 0 aliphatic heterocycles. The number of rotatable bonds is 5. The molecular formula is C16H19NO2S. The molecule has 0 bridgehead atoms. The summed E-state index contributed by atoms with van der Waals surface area (Å²) in [6, 6.07) is 6.20. The summed E-state index contributed by atoms with van der Waals surface area (Å²) in [7, 11) is 0. The summed E-state index contributed by atoms with van der Waals surface area (Å²) >= 11 is 1.57. The van der Waals surface area contributed by atoms with Gasteiger partial charge in [0.1, 0.15) is 17.4 Å². The third-order valence-corrected chi connectivity index (χ3v) is 4.47. The lowest BCUT2D eigenvalue weighted by atomic mass is 10.1. The molecule has 1 aromatic heterocycles. The van der Waals surface area contributed by atoms with Gasteiger partial charge >= 0.3 is 0 Å². The molecule has 0 radical (unpaired) electrons. The predicted molar refractivity (Wildman–Crippen MR) is 80.3 cm³/mol. The summed E-state index contributed by atoms with van der Waals surface area (Å²) in [5.74, 6) is 1.46. The Balaban J connectivity index is 1.71. The molecule has 1 saturated carbocycles. The molecule has 0 unspecified atom stereocenters. The highest BCUT2D eigenvalue weighted by atomic mass is 32.1. The second-order valence-electron chi connectivity index (χ2n) is 5.46. The molecule has 4 heteroatoms. The Morgan fingerprint density at radius 3 is 2.55 bits per heavy atom. The van der Waals surface area contributed by atoms with Crippen LogP contribution in [0.2, 0.25) is 0 Å². The van der Waals surface area contributed by atoms with Crippen molar-refractivity contribution in [2.45, 2.75) is 45.8 Å². The molecule has 0 saturated heterocycles. The van der Waals surface area contributed by atoms with E-state index in [1.54, 1.807) is 11.3 Å². The van der Waals surface area contributed by atoms with Gasteiger partial charge in [-0.3, -0.25) is 0 Å². The van der Waals surface area contributed by atoms with Gasteiger partial charge in [-0.05, 0) is 49.9 Å². The van der Waals surface area contributed by atoms with Crippen LogP contribution in [-0.4, -0.2) is 10.1 Å². The average molecular weight is 289 g/mol. The van der Waals surface area contributed by atoms with Gasteiger partial charge < -0.3 is 9.84 Å². The number of hydrogen-bond acceptors (Lipinski definition) is 4. The van der Waals surface area contributed by atoms with Crippen LogP contribution >= 0.6 is 11.3 Å². The fourth-order valence-electron chi connectivity index (χ4n) is 2.43. The van der Waals surface area contributed by atoms with Crippen LogP contribution in [0.3, 0.4) is 0 Å². The molecule has 0 atom stereocenters. The molecule has 1 N–H and O–H groups in total. The minimum atomic E-state index is 0.0903. The van der Waals surface area contributed by atoms with Gasteiger partial charge in [0, 0.05) is 5.92 Å². The van der Waals surface area contributed by atoms with Crippen LogP contribution in [0.15, 0.2) is 18.2 Å². The molecule has 20 heavy (non-hydrogen) atoms. The van der Waals surface area contributed by atoms with E-state index in [0.717, 1.165) is 21.3 Å². The third kappa shape index (κ3) is 3.02. The highest BCUT2D eigenvalue weighted by molar-refractivity contribution is 7.11. The summed E-state index contributed by atoms with van der Waals surface area (Å²) in [6.45, 7) is 4.71. The molecule has 1 fully saturated rings. The SMILES string of the molecule is Cc1cc(C)cc(OCc2nc(C3CC3)c(CO)s2)c1. The van der Waals surface area contributed by atoms with Gasteiger partial charge in [-0.25, -0.2) is 4.98 Å². The van der Waals surface area contributed by atoms with Crippen LogP contribution in [-0.2, 0) is 13.2 Å². The summed E-state index contributed by atoms with van der Waals surface area (Å²) in [5, 5.41) is 10.3. The first kappa shape index (κ1) is 13.6. The van der Waals surface area contributed by atoms with E-state index >= 15 is 0 Å². The van der Waals surface area contributed by atoms with Crippen LogP contribution < -0.4 is 4.74 Å². The zero-order valence-electron chi connectivity index (χ0n) is 11.8. The number of aryl methyl sites for hydroxylation is 2. The van der Waals surface area contributed by atoms with Gasteiger partial charge in [-0.15, -0.1) is 11.3 Å². The molecule has 106 valence electrons. The average Bonchev–Trinajstić information content (AvgIpc) is 3.16. The number of benzene rings is 1. The van der Waals surface area contributed by atoms with E-state index < -0.39 is 0 Å². The Kier molecular flexibility index (Phi) is 3.76. The zero-order valence-corrected chi connectivity index (χ0v) is 12.7. The Morgan fingerprint density at radius 2 is 1.95 bits per heavy atom. The molecule has 0 amide bonds. The van der Waals surface area contributed by atoms with Crippen molar-refractivity contribution in [3.63, 3.8) is 0 Å². The van der Waals surface area contributed by atoms with Crippen LogP contribution in [0, 0.1) is 13.8 Å². The smallest absolute Gasteiger partial charge is 0.140 e. The maximum atomic E-state index is 9.40. The molecular weight excluding hydrogens is 270 g/mol. The van der Waals surface area contributed by atoms with E-state index in [2.05, 4.69) is 24.9 Å². The number of thiazole rings is 1. The van der Waals surface area contributed by atoms with Crippen LogP contribution in [0.4, 0.5) is 0 Å². The van der Waals surface area contributed by atoms with E-state index in [-0.39, 0.29) is 6.61 Å². The van der Waals surface area contributed by atoms with Crippen molar-refractivity contribution in [2.24, 2.45) is 0 Å². The minimum Gasteiger partial charge on any atom is -0.486 e. The minimum absolute atomic E-state index is 0.0903. The summed E-state index contributed by atoms with van der Waals surface area (Å²) in [6.07, 6.45) is 2.40. The number of aliphatic hydroxyl groups excluding tert-OH is 1. The van der Waals surface area contributed by atoms with Crippen molar-refractivity contribution >= 4 is 11.3 Å². The van der Waals surface area contributed by atoms with Gasteiger partial charge in [-0.2, -0.15) is 0 Å². The first-order valence-corrected chi connectivity index (χ1v) is 7.78. The molecule has 2 aromatic rings. The second kappa shape index (κ2) is 5.54. The maximum Gasteiger partial charge on any atom is 0.140 e. The molecule has 1 aliphatic carbocycles. The van der Waals surface area contributed by atoms with Crippen molar-refractivity contribution in [3.05, 3.63) is 44.9 Å². The fourth-order valence-corrected chi connectivity index (χ4v) is 3.35. The Hall–Kier alpha value is -1.39. The summed E-state index contributed by atoms with van der Waals surface area (Å²) < 4.78 is 5.83. The monoisotopic (exact) mass is 289 g/mol. The number of aromatic nitrogens is 1. The van der Waals surface area contributed by atoms with Crippen LogP contribution in [0.5, 0.6) is 5.75 Å². The second-order valence-corrected chi connectivity index (χ2v) is 6.63. The molecule has 1 heterocycles. The summed E-state index contributed by atoms with van der Waals surface area (Å²) in [4.78, 5) is 5.64. The van der Waals surface area contributed by atoms with Gasteiger partial charge in [-0.1, -0.05) is 6.07 Å². The third-order valence-electron chi connectivity index (χ3n) is 3.44. The number of nitrogens with zero attached hydrogens (tertiary/aromatic N) is 1. The molecule has 0 spiro atoms. The van der Waals surface area contributed by atoms with Gasteiger partial charge in [0.2, 0.25) is 0 Å².